The van der Waals surface area contributed by atoms with E-state index in [1.165, 1.54) is 6.07 Å². The number of nitrogens with zero attached hydrogens (tertiary/aromatic N) is 1. The number of hydrogen-bond acceptors (Lipinski definition) is 3. The summed E-state index contributed by atoms with van der Waals surface area (Å²) in [4.78, 5) is 0. The maximum absolute atomic E-state index is 14.2. The number of nitrogens with one attached hydrogen (secondary N) is 2. The topological polar surface area (TPSA) is 49.2 Å². The summed E-state index contributed by atoms with van der Waals surface area (Å²) >= 11 is 6.19. The summed E-state index contributed by atoms with van der Waals surface area (Å²) in [5, 5.41) is 16.9. The highest BCUT2D eigenvalue weighted by Crippen LogP contribution is 2.25. The highest BCUT2D eigenvalue weighted by molar-refractivity contribution is 6.31. The highest BCUT2D eigenvalue weighted by Gasteiger charge is 2.12. The fraction of sp³-hybridized carbons (Fsp3) is 0.300. The zero-order valence-electron chi connectivity index (χ0n) is 14.5. The van der Waals surface area contributed by atoms with Gasteiger partial charge >= 0.3 is 0 Å². The van der Waals surface area contributed by atoms with Crippen LogP contribution in [0.1, 0.15) is 11.1 Å². The van der Waals surface area contributed by atoms with E-state index in [0.717, 1.165) is 36.1 Å². The van der Waals surface area contributed by atoms with Crippen LogP contribution in [0.25, 0.3) is 10.9 Å². The summed E-state index contributed by atoms with van der Waals surface area (Å²) in [6.45, 7) is 3.46. The van der Waals surface area contributed by atoms with Gasteiger partial charge in [-0.15, -0.1) is 0 Å². The van der Waals surface area contributed by atoms with Crippen molar-refractivity contribution in [3.8, 4) is 0 Å². The molecule has 0 aliphatic carbocycles. The monoisotopic (exact) mass is 375 g/mol. The molecule has 0 aliphatic heterocycles. The second-order valence-corrected chi connectivity index (χ2v) is 6.56. The number of fused-ring (bicyclic) bond motifs is 1. The number of benzene rings is 2. The van der Waals surface area contributed by atoms with Crippen LogP contribution in [0.15, 0.2) is 48.7 Å². The van der Waals surface area contributed by atoms with Crippen molar-refractivity contribution in [2.75, 3.05) is 26.2 Å². The van der Waals surface area contributed by atoms with Gasteiger partial charge in [0.15, 0.2) is 0 Å². The van der Waals surface area contributed by atoms with E-state index < -0.39 is 0 Å². The van der Waals surface area contributed by atoms with Crippen molar-refractivity contribution in [2.24, 2.45) is 0 Å². The Bertz CT molecular complexity index is 845. The largest absolute Gasteiger partial charge is 0.395 e. The molecule has 138 valence electrons. The Morgan fingerprint density at radius 3 is 2.62 bits per heavy atom. The van der Waals surface area contributed by atoms with E-state index >= 15 is 0 Å². The second kappa shape index (κ2) is 9.14. The molecule has 0 amide bonds. The summed E-state index contributed by atoms with van der Waals surface area (Å²) in [6.07, 6.45) is 2.06. The molecule has 0 radical (unpaired) electrons. The predicted molar refractivity (Wildman–Crippen MR) is 104 cm³/mol. The number of hydrogen-bond donors (Lipinski definition) is 3. The van der Waals surface area contributed by atoms with Crippen molar-refractivity contribution < 1.29 is 9.50 Å². The lowest BCUT2D eigenvalue weighted by Gasteiger charge is -2.08. The van der Waals surface area contributed by atoms with Crippen LogP contribution in [0.2, 0.25) is 5.02 Å². The van der Waals surface area contributed by atoms with Gasteiger partial charge in [-0.3, -0.25) is 0 Å². The van der Waals surface area contributed by atoms with Gasteiger partial charge in [0, 0.05) is 53.9 Å². The third-order valence-electron chi connectivity index (χ3n) is 4.34. The van der Waals surface area contributed by atoms with Crippen molar-refractivity contribution >= 4 is 22.5 Å². The van der Waals surface area contributed by atoms with E-state index in [-0.39, 0.29) is 12.4 Å². The molecule has 0 unspecified atom stereocenters. The number of rotatable bonds is 9. The minimum absolute atomic E-state index is 0.145. The van der Waals surface area contributed by atoms with E-state index in [2.05, 4.69) is 22.9 Å². The standard InChI is InChI=1S/C20H23ClFN3O/c21-18-5-3-6-19(22)17(18)14-25-13-15(12-24-9-8-23-10-11-26)16-4-1-2-7-20(16)25/h1-7,13,23-24,26H,8-12,14H2. The molecule has 26 heavy (non-hydrogen) atoms. The van der Waals surface area contributed by atoms with Crippen molar-refractivity contribution in [2.45, 2.75) is 13.1 Å². The third-order valence-corrected chi connectivity index (χ3v) is 4.70. The smallest absolute Gasteiger partial charge is 0.129 e. The molecule has 0 spiro atoms. The quantitative estimate of drug-likeness (QED) is 0.503. The fourth-order valence-electron chi connectivity index (χ4n) is 3.05. The first-order valence-corrected chi connectivity index (χ1v) is 9.10. The van der Waals surface area contributed by atoms with Gasteiger partial charge in [0.05, 0.1) is 13.2 Å². The van der Waals surface area contributed by atoms with Crippen molar-refractivity contribution in [1.82, 2.24) is 15.2 Å². The Morgan fingerprint density at radius 2 is 1.81 bits per heavy atom. The number of aliphatic hydroxyl groups excluding tert-OH is 1. The third kappa shape index (κ3) is 4.43. The Labute approximate surface area is 157 Å². The van der Waals surface area contributed by atoms with Gasteiger partial charge in [-0.25, -0.2) is 4.39 Å². The molecule has 3 aromatic rings. The van der Waals surface area contributed by atoms with E-state index in [1.807, 2.05) is 22.8 Å². The molecule has 2 aromatic carbocycles. The average molecular weight is 376 g/mol. The van der Waals surface area contributed by atoms with Crippen LogP contribution >= 0.6 is 11.6 Å². The average Bonchev–Trinajstić information content (AvgIpc) is 2.99. The van der Waals surface area contributed by atoms with Crippen molar-refractivity contribution in [3.05, 3.63) is 70.6 Å². The Morgan fingerprint density at radius 1 is 1.00 bits per heavy atom. The first kappa shape index (κ1) is 18.9. The SMILES string of the molecule is OCCNCCNCc1cn(Cc2c(F)cccc2Cl)c2ccccc12. The summed E-state index contributed by atoms with van der Waals surface area (Å²) in [6, 6.07) is 12.9. The lowest BCUT2D eigenvalue weighted by molar-refractivity contribution is 0.292. The van der Waals surface area contributed by atoms with Gasteiger partial charge in [0.25, 0.3) is 0 Å². The normalized spacial score (nSPS) is 11.3. The van der Waals surface area contributed by atoms with Gasteiger partial charge in [-0.05, 0) is 23.8 Å². The Kier molecular flexibility index (Phi) is 6.63. The van der Waals surface area contributed by atoms with Crippen molar-refractivity contribution in [1.29, 1.82) is 0 Å². The molecule has 1 aromatic heterocycles. The lowest BCUT2D eigenvalue weighted by atomic mass is 10.2. The van der Waals surface area contributed by atoms with Gasteiger partial charge < -0.3 is 20.3 Å². The molecule has 0 saturated heterocycles. The lowest BCUT2D eigenvalue weighted by Crippen LogP contribution is -2.28. The molecule has 0 atom stereocenters. The van der Waals surface area contributed by atoms with Crippen LogP contribution in [0, 0.1) is 5.82 Å². The molecule has 3 rings (SSSR count). The summed E-state index contributed by atoms with van der Waals surface area (Å²) < 4.78 is 16.2. The zero-order valence-corrected chi connectivity index (χ0v) is 15.3. The summed E-state index contributed by atoms with van der Waals surface area (Å²) in [5.74, 6) is -0.287. The van der Waals surface area contributed by atoms with Gasteiger partial charge in [0.2, 0.25) is 0 Å². The zero-order chi connectivity index (χ0) is 18.4. The minimum atomic E-state index is -0.287. The molecule has 3 N–H and O–H groups in total. The molecule has 0 bridgehead atoms. The second-order valence-electron chi connectivity index (χ2n) is 6.15. The van der Waals surface area contributed by atoms with Crippen LogP contribution in [0.3, 0.4) is 0 Å². The summed E-state index contributed by atoms with van der Waals surface area (Å²) in [5.41, 5.74) is 2.72. The van der Waals surface area contributed by atoms with Gasteiger partial charge in [0.1, 0.15) is 5.82 Å². The Balaban J connectivity index is 1.77. The fourth-order valence-corrected chi connectivity index (χ4v) is 3.27. The van der Waals surface area contributed by atoms with E-state index in [1.54, 1.807) is 12.1 Å². The summed E-state index contributed by atoms with van der Waals surface area (Å²) in [7, 11) is 0. The maximum atomic E-state index is 14.2. The molecule has 0 aliphatic rings. The van der Waals surface area contributed by atoms with Crippen LogP contribution in [-0.4, -0.2) is 35.9 Å². The molecule has 4 nitrogen and oxygen atoms in total. The van der Waals surface area contributed by atoms with E-state index in [9.17, 15) is 4.39 Å². The van der Waals surface area contributed by atoms with E-state index in [4.69, 9.17) is 16.7 Å². The minimum Gasteiger partial charge on any atom is -0.395 e. The van der Waals surface area contributed by atoms with Gasteiger partial charge in [-0.2, -0.15) is 0 Å². The first-order valence-electron chi connectivity index (χ1n) is 8.72. The molecule has 0 saturated carbocycles. The highest BCUT2D eigenvalue weighted by atomic mass is 35.5. The molecule has 1 heterocycles. The van der Waals surface area contributed by atoms with Gasteiger partial charge in [-0.1, -0.05) is 35.9 Å². The van der Waals surface area contributed by atoms with Crippen LogP contribution < -0.4 is 10.6 Å². The Hall–Kier alpha value is -1.92. The van der Waals surface area contributed by atoms with E-state index in [0.29, 0.717) is 23.7 Å². The first-order chi connectivity index (χ1) is 12.7. The molecule has 0 fully saturated rings. The molecule has 6 heteroatoms. The number of aliphatic hydroxyl groups is 1. The van der Waals surface area contributed by atoms with Crippen molar-refractivity contribution in [3.63, 3.8) is 0 Å². The van der Waals surface area contributed by atoms with Crippen LogP contribution in [0.4, 0.5) is 4.39 Å². The molecular formula is C20H23ClFN3O. The predicted octanol–water partition coefficient (Wildman–Crippen LogP) is 3.15. The number of halogens is 2. The molecular weight excluding hydrogens is 353 g/mol. The number of aromatic nitrogens is 1. The van der Waals surface area contributed by atoms with Crippen LogP contribution in [0.5, 0.6) is 0 Å². The van der Waals surface area contributed by atoms with Crippen LogP contribution in [-0.2, 0) is 13.1 Å². The number of para-hydroxylation sites is 1. The maximum Gasteiger partial charge on any atom is 0.129 e.